The number of carbonyl (C=O) groups excluding carboxylic acids is 2. The van der Waals surface area contributed by atoms with Gasteiger partial charge in [0, 0.05) is 41.5 Å². The number of hydrogen-bond donors (Lipinski definition) is 6. The summed E-state index contributed by atoms with van der Waals surface area (Å²) in [6.07, 6.45) is 19.4. The van der Waals surface area contributed by atoms with Crippen LogP contribution in [0.5, 0.6) is 0 Å². The maximum absolute atomic E-state index is 16.2. The molecule has 444 valence electrons. The molecule has 6 N–H and O–H groups in total. The molecule has 10 nitrogen and oxygen atoms in total. The summed E-state index contributed by atoms with van der Waals surface area (Å²) >= 11 is 0. The summed E-state index contributed by atoms with van der Waals surface area (Å²) in [5.41, 5.74) is 6.42. The van der Waals surface area contributed by atoms with E-state index >= 15 is 17.6 Å². The van der Waals surface area contributed by atoms with Gasteiger partial charge in [-0.2, -0.15) is 0 Å². The highest BCUT2D eigenvalue weighted by Crippen LogP contribution is 2.48. The molecule has 14 heteroatoms. The number of halogens is 4. The van der Waals surface area contributed by atoms with Crippen LogP contribution in [0.15, 0.2) is 110 Å². The Morgan fingerprint density at radius 3 is 1.65 bits per heavy atom. The number of aliphatic hydroxyl groups excluding tert-OH is 3. The molecule has 4 aliphatic heterocycles. The van der Waals surface area contributed by atoms with Gasteiger partial charge in [0.2, 0.25) is 0 Å². The molecule has 5 aromatic carbocycles. The van der Waals surface area contributed by atoms with Gasteiger partial charge >= 0.3 is 11.9 Å². The van der Waals surface area contributed by atoms with Gasteiger partial charge in [-0.1, -0.05) is 138 Å². The van der Waals surface area contributed by atoms with E-state index in [4.69, 9.17) is 9.47 Å². The van der Waals surface area contributed by atoms with Gasteiger partial charge < -0.3 is 24.8 Å². The van der Waals surface area contributed by atoms with Crippen molar-refractivity contribution in [3.8, 4) is 33.4 Å². The van der Waals surface area contributed by atoms with Crippen molar-refractivity contribution in [3.05, 3.63) is 167 Å². The molecule has 4 heterocycles. The van der Waals surface area contributed by atoms with Gasteiger partial charge in [0.05, 0.1) is 56.9 Å². The zero-order chi connectivity index (χ0) is 58.8. The molecule has 0 spiro atoms. The SMILES string of the molecule is C=CC(=O)OCCc1cc(C23CC4NC(C2)NC(C3)N4)cc(CCOC(=O)C=C)c1-c1ccc(-c2ccc(C3CCC(C)CC3)c(F)c2)c(F)c1.CCCCCC1CCC(c2ccc(-c3ccc(C(CO)(CO)CO)cc3)c(F)c2F)CC1. The lowest BCUT2D eigenvalue weighted by Gasteiger charge is -2.58. The Bertz CT molecular complexity index is 2980. The first-order chi connectivity index (χ1) is 40.1. The number of benzene rings is 5. The van der Waals surface area contributed by atoms with Crippen LogP contribution >= 0.6 is 0 Å². The van der Waals surface area contributed by atoms with Crippen LogP contribution in [-0.2, 0) is 42.7 Å². The highest BCUT2D eigenvalue weighted by molar-refractivity contribution is 5.82. The summed E-state index contributed by atoms with van der Waals surface area (Å²) in [4.78, 5) is 24.0. The van der Waals surface area contributed by atoms with Gasteiger partial charge in [-0.3, -0.25) is 16.0 Å². The fourth-order valence-corrected chi connectivity index (χ4v) is 14.0. The Balaban J connectivity index is 0.000000223. The minimum absolute atomic E-state index is 0.0719. The van der Waals surface area contributed by atoms with Crippen molar-refractivity contribution >= 4 is 11.9 Å². The average Bonchev–Trinajstić information content (AvgIpc) is 3.63. The molecule has 4 saturated heterocycles. The van der Waals surface area contributed by atoms with Gasteiger partial charge in [0.1, 0.15) is 11.6 Å². The minimum Gasteiger partial charge on any atom is -0.462 e. The molecule has 0 amide bonds. The van der Waals surface area contributed by atoms with E-state index in [9.17, 15) is 24.9 Å². The van der Waals surface area contributed by atoms with Gasteiger partial charge in [-0.05, 0) is 149 Å². The predicted octanol–water partition coefficient (Wildman–Crippen LogP) is 13.0. The second-order valence-electron chi connectivity index (χ2n) is 24.2. The van der Waals surface area contributed by atoms with Crippen LogP contribution in [0.1, 0.15) is 155 Å². The lowest BCUT2D eigenvalue weighted by Crippen LogP contribution is -2.77. The molecule has 5 aromatic rings. The average molecular weight is 1140 g/mol. The van der Waals surface area contributed by atoms with Crippen molar-refractivity contribution in [2.45, 2.75) is 164 Å². The quantitative estimate of drug-likeness (QED) is 0.0171. The summed E-state index contributed by atoms with van der Waals surface area (Å²) < 4.78 is 72.6. The summed E-state index contributed by atoms with van der Waals surface area (Å²) in [6.45, 7) is 10.5. The van der Waals surface area contributed by atoms with Crippen molar-refractivity contribution in [3.63, 3.8) is 0 Å². The summed E-state index contributed by atoms with van der Waals surface area (Å²) in [5, 5.41) is 39.6. The fraction of sp³-hybridized carbons (Fsp3) is 0.478. The molecule has 2 saturated carbocycles. The highest BCUT2D eigenvalue weighted by atomic mass is 19.2. The number of aliphatic hydroxyl groups is 3. The van der Waals surface area contributed by atoms with Gasteiger partial charge in [-0.15, -0.1) is 0 Å². The van der Waals surface area contributed by atoms with Crippen molar-refractivity contribution in [2.75, 3.05) is 33.0 Å². The zero-order valence-corrected chi connectivity index (χ0v) is 48.2. The molecule has 83 heavy (non-hydrogen) atoms. The predicted molar refractivity (Wildman–Crippen MR) is 317 cm³/mol. The Morgan fingerprint density at radius 1 is 0.614 bits per heavy atom. The normalized spacial score (nSPS) is 23.7. The van der Waals surface area contributed by atoms with E-state index < -0.39 is 54.6 Å². The molecule has 6 fully saturated rings. The summed E-state index contributed by atoms with van der Waals surface area (Å²) in [7, 11) is 0. The number of piperidine rings is 3. The fourth-order valence-electron chi connectivity index (χ4n) is 14.0. The Kier molecular flexibility index (Phi) is 20.6. The molecular weight excluding hydrogens is 1060 g/mol. The molecule has 6 aliphatic rings. The second-order valence-corrected chi connectivity index (χ2v) is 24.2. The number of carbonyl (C=O) groups is 2. The smallest absolute Gasteiger partial charge is 0.330 e. The largest absolute Gasteiger partial charge is 0.462 e. The minimum atomic E-state index is -1.17. The van der Waals surface area contributed by atoms with Crippen LogP contribution in [0.4, 0.5) is 17.6 Å². The van der Waals surface area contributed by atoms with Gasteiger partial charge in [0.15, 0.2) is 11.6 Å². The molecule has 4 bridgehead atoms. The van der Waals surface area contributed by atoms with Crippen LogP contribution in [0.2, 0.25) is 0 Å². The van der Waals surface area contributed by atoms with E-state index in [1.807, 2.05) is 18.2 Å². The molecule has 0 unspecified atom stereocenters. The standard InChI is InChI=1S/C42H47F2N3O4.C27H36F2O3/c1-4-39(48)50-16-14-29-18-31(42-22-36-45-37(23-42)47-38(24-42)46-36)19-30(15-17-51-40(49)5-2)41(29)28-11-13-33(35(44)21-28)27-10-12-32(34(43)20-27)26-8-6-25(3)7-9-26;1-2-3-4-5-19-6-8-20(9-7-19)23-14-15-24(26(29)25(23)28)21-10-12-22(13-11-21)27(16-30,17-31)18-32/h4-5,10-13,18-21,25-26,36-38,45-47H,1-2,6-9,14-17,22-24H2,3H3;10-15,19-20,30-32H,2-9,16-18H2,1H3. The van der Waals surface area contributed by atoms with Crippen LogP contribution in [-0.4, -0.2) is 78.8 Å². The van der Waals surface area contributed by atoms with Crippen LogP contribution in [0.3, 0.4) is 0 Å². The zero-order valence-electron chi connectivity index (χ0n) is 48.2. The second kappa shape index (κ2) is 27.8. The number of esters is 2. The third-order valence-electron chi connectivity index (χ3n) is 18.8. The van der Waals surface area contributed by atoms with Crippen LogP contribution < -0.4 is 16.0 Å². The maximum Gasteiger partial charge on any atom is 0.330 e. The van der Waals surface area contributed by atoms with E-state index in [2.05, 4.69) is 55.1 Å². The monoisotopic (exact) mass is 1140 g/mol. The maximum atomic E-state index is 16.2. The van der Waals surface area contributed by atoms with Crippen molar-refractivity contribution in [2.24, 2.45) is 11.8 Å². The molecule has 0 radical (unpaired) electrons. The number of ether oxygens (including phenoxy) is 2. The number of nitrogens with one attached hydrogen (secondary N) is 3. The summed E-state index contributed by atoms with van der Waals surface area (Å²) in [5.74, 6) is -1.72. The van der Waals surface area contributed by atoms with E-state index in [1.54, 1.807) is 42.5 Å². The molecule has 11 rings (SSSR count). The molecular formula is C69H83F4N3O7. The molecule has 0 atom stereocenters. The first-order valence-electron chi connectivity index (χ1n) is 30.2. The van der Waals surface area contributed by atoms with E-state index in [0.717, 1.165) is 99.5 Å². The molecule has 2 aliphatic carbocycles. The Morgan fingerprint density at radius 2 is 1.12 bits per heavy atom. The number of hydrogen-bond acceptors (Lipinski definition) is 10. The van der Waals surface area contributed by atoms with E-state index in [1.165, 1.54) is 43.4 Å². The molecule has 0 aromatic heterocycles. The van der Waals surface area contributed by atoms with Crippen molar-refractivity contribution < 1.29 is 51.9 Å². The first kappa shape index (κ1) is 61.6. The highest BCUT2D eigenvalue weighted by Gasteiger charge is 2.52. The summed E-state index contributed by atoms with van der Waals surface area (Å²) in [6, 6.07) is 24.5. The number of unbranched alkanes of at least 4 members (excludes halogenated alkanes) is 2. The first-order valence-corrected chi connectivity index (χ1v) is 30.2. The van der Waals surface area contributed by atoms with Crippen LogP contribution in [0, 0.1) is 35.1 Å². The van der Waals surface area contributed by atoms with Crippen LogP contribution in [0.25, 0.3) is 33.4 Å². The third kappa shape index (κ3) is 14.1. The topological polar surface area (TPSA) is 149 Å². The van der Waals surface area contributed by atoms with E-state index in [0.29, 0.717) is 63.6 Å². The number of rotatable bonds is 22. The van der Waals surface area contributed by atoms with Crippen molar-refractivity contribution in [1.29, 1.82) is 0 Å². The lowest BCUT2D eigenvalue weighted by atomic mass is 9.63. The van der Waals surface area contributed by atoms with Gasteiger partial charge in [0.25, 0.3) is 0 Å². The van der Waals surface area contributed by atoms with Crippen molar-refractivity contribution in [1.82, 2.24) is 16.0 Å². The Hall–Kier alpha value is -6.00. The lowest BCUT2D eigenvalue weighted by molar-refractivity contribution is -0.138. The Labute approximate surface area is 487 Å². The van der Waals surface area contributed by atoms with Gasteiger partial charge in [-0.25, -0.2) is 27.2 Å². The third-order valence-corrected chi connectivity index (χ3v) is 18.8. The van der Waals surface area contributed by atoms with E-state index in [-0.39, 0.29) is 60.3 Å².